The minimum absolute atomic E-state index is 0.145. The second-order valence-corrected chi connectivity index (χ2v) is 9.59. The molecule has 0 radical (unpaired) electrons. The van der Waals surface area contributed by atoms with Gasteiger partial charge in [0, 0.05) is 5.56 Å². The van der Waals surface area contributed by atoms with E-state index in [0.717, 1.165) is 5.56 Å². The molecule has 0 aliphatic rings. The van der Waals surface area contributed by atoms with E-state index in [0.29, 0.717) is 50.4 Å². The zero-order valence-electron chi connectivity index (χ0n) is 21.5. The number of ether oxygens (including phenoxy) is 2. The van der Waals surface area contributed by atoms with Crippen molar-refractivity contribution in [2.45, 2.75) is 13.5 Å². The minimum atomic E-state index is -1.00. The smallest absolute Gasteiger partial charge is 0.335 e. The van der Waals surface area contributed by atoms with E-state index in [1.807, 2.05) is 43.3 Å². The Bertz CT molecular complexity index is 1780. The predicted molar refractivity (Wildman–Crippen MR) is 157 cm³/mol. The van der Waals surface area contributed by atoms with E-state index in [2.05, 4.69) is 21.0 Å². The molecule has 1 aromatic heterocycles. The van der Waals surface area contributed by atoms with Gasteiger partial charge in [0.25, 0.3) is 5.56 Å². The van der Waals surface area contributed by atoms with E-state index in [9.17, 15) is 14.7 Å². The Morgan fingerprint density at radius 2 is 1.77 bits per heavy atom. The molecule has 5 aromatic rings. The Hall–Kier alpha value is -4.76. The van der Waals surface area contributed by atoms with Gasteiger partial charge < -0.3 is 14.6 Å². The van der Waals surface area contributed by atoms with Crippen molar-refractivity contribution in [3.05, 3.63) is 123 Å². The number of carbonyl (C=O) groups is 1. The van der Waals surface area contributed by atoms with Gasteiger partial charge in [0.1, 0.15) is 6.61 Å². The lowest BCUT2D eigenvalue weighted by Crippen LogP contribution is -2.20. The van der Waals surface area contributed by atoms with Crippen LogP contribution in [0.3, 0.4) is 0 Å². The summed E-state index contributed by atoms with van der Waals surface area (Å²) < 4.78 is 13.8. The first-order chi connectivity index (χ1) is 19.4. The Morgan fingerprint density at radius 1 is 1.00 bits per heavy atom. The third-order valence-corrected chi connectivity index (χ3v) is 6.59. The van der Waals surface area contributed by atoms with Crippen molar-refractivity contribution in [1.82, 2.24) is 9.66 Å². The maximum atomic E-state index is 13.4. The standard InChI is InChI=1S/C31H24BrN3O5/c1-2-39-27-17-21(16-25(32)28(27)40-19-20-9-8-12-23(15-20)31(37)38)18-33-35-29(22-10-4-3-5-11-22)34-26-14-7-6-13-24(26)30(35)36/h3-18H,2,19H2,1H3,(H,37,38). The molecule has 1 heterocycles. The zero-order valence-corrected chi connectivity index (χ0v) is 23.0. The van der Waals surface area contributed by atoms with E-state index in [1.54, 1.807) is 54.7 Å². The number of para-hydroxylation sites is 1. The highest BCUT2D eigenvalue weighted by atomic mass is 79.9. The van der Waals surface area contributed by atoms with Crippen LogP contribution in [-0.4, -0.2) is 33.6 Å². The van der Waals surface area contributed by atoms with E-state index in [4.69, 9.17) is 14.5 Å². The number of aromatic carboxylic acids is 1. The van der Waals surface area contributed by atoms with Gasteiger partial charge in [0.2, 0.25) is 0 Å². The Morgan fingerprint density at radius 3 is 2.55 bits per heavy atom. The van der Waals surface area contributed by atoms with Gasteiger partial charge in [-0.25, -0.2) is 9.78 Å². The molecular weight excluding hydrogens is 574 g/mol. The molecule has 0 saturated carbocycles. The average molecular weight is 598 g/mol. The van der Waals surface area contributed by atoms with E-state index >= 15 is 0 Å². The highest BCUT2D eigenvalue weighted by Crippen LogP contribution is 2.37. The lowest BCUT2D eigenvalue weighted by molar-refractivity contribution is 0.0696. The van der Waals surface area contributed by atoms with Crippen LogP contribution in [0, 0.1) is 0 Å². The molecule has 0 aliphatic carbocycles. The van der Waals surface area contributed by atoms with Gasteiger partial charge >= 0.3 is 5.97 Å². The molecule has 0 bridgehead atoms. The molecule has 0 fully saturated rings. The van der Waals surface area contributed by atoms with E-state index in [-0.39, 0.29) is 17.7 Å². The summed E-state index contributed by atoms with van der Waals surface area (Å²) in [5, 5.41) is 14.3. The molecule has 1 N–H and O–H groups in total. The highest BCUT2D eigenvalue weighted by Gasteiger charge is 2.15. The first-order valence-corrected chi connectivity index (χ1v) is 13.3. The molecule has 4 aromatic carbocycles. The maximum absolute atomic E-state index is 13.4. The molecule has 5 rings (SSSR count). The molecule has 200 valence electrons. The highest BCUT2D eigenvalue weighted by molar-refractivity contribution is 9.10. The molecule has 0 atom stereocenters. The number of benzene rings is 4. The normalized spacial score (nSPS) is 11.2. The van der Waals surface area contributed by atoms with Gasteiger partial charge in [-0.2, -0.15) is 9.78 Å². The summed E-state index contributed by atoms with van der Waals surface area (Å²) in [5.41, 5.74) is 2.62. The topological polar surface area (TPSA) is 103 Å². The first kappa shape index (κ1) is 26.8. The van der Waals surface area contributed by atoms with Gasteiger partial charge in [-0.1, -0.05) is 54.6 Å². The number of carboxylic acid groups (broad SMARTS) is 1. The van der Waals surface area contributed by atoms with Crippen LogP contribution in [0.1, 0.15) is 28.4 Å². The van der Waals surface area contributed by atoms with Crippen molar-refractivity contribution in [3.63, 3.8) is 0 Å². The fourth-order valence-electron chi connectivity index (χ4n) is 4.14. The SMILES string of the molecule is CCOc1cc(C=Nn2c(-c3ccccc3)nc3ccccc3c2=O)cc(Br)c1OCc1cccc(C(=O)O)c1. The van der Waals surface area contributed by atoms with Crippen molar-refractivity contribution >= 4 is 39.0 Å². The lowest BCUT2D eigenvalue weighted by Gasteiger charge is -2.15. The average Bonchev–Trinajstić information content (AvgIpc) is 2.97. The van der Waals surface area contributed by atoms with Crippen LogP contribution in [0.25, 0.3) is 22.3 Å². The van der Waals surface area contributed by atoms with Gasteiger partial charge in [0.05, 0.1) is 33.8 Å². The van der Waals surface area contributed by atoms with Crippen LogP contribution in [-0.2, 0) is 6.61 Å². The number of carboxylic acids is 1. The van der Waals surface area contributed by atoms with Gasteiger partial charge in [-0.15, -0.1) is 0 Å². The molecule has 0 amide bonds. The summed E-state index contributed by atoms with van der Waals surface area (Å²) in [5.74, 6) is 0.361. The van der Waals surface area contributed by atoms with Gasteiger partial charge in [-0.3, -0.25) is 4.79 Å². The first-order valence-electron chi connectivity index (χ1n) is 12.5. The summed E-state index contributed by atoms with van der Waals surface area (Å²) in [6.07, 6.45) is 1.57. The fraction of sp³-hybridized carbons (Fsp3) is 0.0968. The minimum Gasteiger partial charge on any atom is -0.490 e. The Kier molecular flexibility index (Phi) is 8.02. The molecular formula is C31H24BrN3O5. The quantitative estimate of drug-likeness (QED) is 0.198. The number of nitrogens with zero attached hydrogens (tertiary/aromatic N) is 3. The summed E-state index contributed by atoms with van der Waals surface area (Å²) in [6, 6.07) is 26.7. The molecule has 0 saturated heterocycles. The molecule has 0 unspecified atom stereocenters. The van der Waals surface area contributed by atoms with E-state index in [1.165, 1.54) is 10.7 Å². The fourth-order valence-corrected chi connectivity index (χ4v) is 4.72. The monoisotopic (exact) mass is 597 g/mol. The summed E-state index contributed by atoms with van der Waals surface area (Å²) in [7, 11) is 0. The predicted octanol–water partition coefficient (Wildman–Crippen LogP) is 6.38. The van der Waals surface area contributed by atoms with Crippen LogP contribution in [0.15, 0.2) is 105 Å². The maximum Gasteiger partial charge on any atom is 0.335 e. The second kappa shape index (κ2) is 12.0. The number of aromatic nitrogens is 2. The third-order valence-electron chi connectivity index (χ3n) is 6.00. The van der Waals surface area contributed by atoms with Crippen LogP contribution in [0.2, 0.25) is 0 Å². The second-order valence-electron chi connectivity index (χ2n) is 8.74. The molecule has 8 nitrogen and oxygen atoms in total. The number of hydrogen-bond donors (Lipinski definition) is 1. The van der Waals surface area contributed by atoms with Gasteiger partial charge in [-0.05, 0) is 70.4 Å². The molecule has 0 aliphatic heterocycles. The Balaban J connectivity index is 1.50. The molecule has 0 spiro atoms. The number of rotatable bonds is 9. The number of halogens is 1. The molecule has 9 heteroatoms. The van der Waals surface area contributed by atoms with Crippen molar-refractivity contribution in [1.29, 1.82) is 0 Å². The van der Waals surface area contributed by atoms with Crippen LogP contribution < -0.4 is 15.0 Å². The zero-order chi connectivity index (χ0) is 28.1. The van der Waals surface area contributed by atoms with Crippen LogP contribution in [0.5, 0.6) is 11.5 Å². The summed E-state index contributed by atoms with van der Waals surface area (Å²) in [4.78, 5) is 29.5. The third kappa shape index (κ3) is 5.79. The Labute approximate surface area is 238 Å². The van der Waals surface area contributed by atoms with Crippen LogP contribution in [0.4, 0.5) is 0 Å². The van der Waals surface area contributed by atoms with Crippen LogP contribution >= 0.6 is 15.9 Å². The van der Waals surface area contributed by atoms with Crippen molar-refractivity contribution in [2.24, 2.45) is 5.10 Å². The van der Waals surface area contributed by atoms with Crippen molar-refractivity contribution in [3.8, 4) is 22.9 Å². The number of fused-ring (bicyclic) bond motifs is 1. The summed E-state index contributed by atoms with van der Waals surface area (Å²) in [6.45, 7) is 2.40. The van der Waals surface area contributed by atoms with Crippen molar-refractivity contribution in [2.75, 3.05) is 6.61 Å². The molecule has 40 heavy (non-hydrogen) atoms. The van der Waals surface area contributed by atoms with Gasteiger partial charge in [0.15, 0.2) is 17.3 Å². The number of hydrogen-bond acceptors (Lipinski definition) is 6. The lowest BCUT2D eigenvalue weighted by atomic mass is 10.1. The van der Waals surface area contributed by atoms with E-state index < -0.39 is 5.97 Å². The summed E-state index contributed by atoms with van der Waals surface area (Å²) >= 11 is 3.56. The largest absolute Gasteiger partial charge is 0.490 e. The van der Waals surface area contributed by atoms with Crippen molar-refractivity contribution < 1.29 is 19.4 Å².